The van der Waals surface area contributed by atoms with Gasteiger partial charge in [0.1, 0.15) is 11.9 Å². The predicted octanol–water partition coefficient (Wildman–Crippen LogP) is 2.63. The summed E-state index contributed by atoms with van der Waals surface area (Å²) < 4.78 is 0. The van der Waals surface area contributed by atoms with Crippen LogP contribution >= 0.6 is 0 Å². The topological polar surface area (TPSA) is 77.8 Å². The fourth-order valence-corrected chi connectivity index (χ4v) is 4.01. The Morgan fingerprint density at radius 3 is 2.65 bits per heavy atom. The van der Waals surface area contributed by atoms with E-state index in [2.05, 4.69) is 6.92 Å². The molecule has 0 bridgehead atoms. The first kappa shape index (κ1) is 14.4. The quantitative estimate of drug-likeness (QED) is 0.699. The van der Waals surface area contributed by atoms with Gasteiger partial charge < -0.3 is 15.3 Å². The maximum atomic E-state index is 13.0. The van der Waals surface area contributed by atoms with Gasteiger partial charge in [0, 0.05) is 16.7 Å². The van der Waals surface area contributed by atoms with Crippen molar-refractivity contribution in [2.24, 2.45) is 5.92 Å². The van der Waals surface area contributed by atoms with Crippen LogP contribution in [0.3, 0.4) is 0 Å². The van der Waals surface area contributed by atoms with Crippen LogP contribution in [0.4, 0.5) is 0 Å². The van der Waals surface area contributed by atoms with Crippen molar-refractivity contribution in [3.63, 3.8) is 0 Å². The number of fused-ring (bicyclic) bond motifs is 4. The van der Waals surface area contributed by atoms with Crippen LogP contribution in [-0.4, -0.2) is 21.1 Å². The first-order valence-corrected chi connectivity index (χ1v) is 7.87. The second-order valence-corrected chi connectivity index (χ2v) is 6.63. The maximum absolute atomic E-state index is 13.0. The molecule has 4 rings (SSSR count). The van der Waals surface area contributed by atoms with E-state index >= 15 is 0 Å². The van der Waals surface area contributed by atoms with Crippen molar-refractivity contribution in [1.82, 2.24) is 0 Å². The van der Waals surface area contributed by atoms with Gasteiger partial charge in [0.05, 0.1) is 6.10 Å². The normalized spacial score (nSPS) is 25.5. The highest BCUT2D eigenvalue weighted by molar-refractivity contribution is 6.14. The van der Waals surface area contributed by atoms with E-state index in [1.54, 1.807) is 18.2 Å². The molecule has 0 unspecified atom stereocenters. The van der Waals surface area contributed by atoms with E-state index in [4.69, 9.17) is 0 Å². The smallest absolute Gasteiger partial charge is 0.194 e. The van der Waals surface area contributed by atoms with Gasteiger partial charge in [-0.15, -0.1) is 0 Å². The standard InChI is InChI=1S/C19H18O4/c1-9-7-10-5-6-12-17(15(10)14(21)8-9)19(23)11-3-2-4-13(20)16(11)18(12)22/h2-6,9,14,18,20-22H,7-8H2,1H3/t9-,14-,18+/m0/s1. The van der Waals surface area contributed by atoms with Crippen molar-refractivity contribution >= 4 is 5.78 Å². The maximum Gasteiger partial charge on any atom is 0.194 e. The van der Waals surface area contributed by atoms with Crippen LogP contribution in [0, 0.1) is 5.92 Å². The molecule has 3 N–H and O–H groups in total. The number of rotatable bonds is 0. The van der Waals surface area contributed by atoms with Gasteiger partial charge in [-0.05, 0) is 41.5 Å². The van der Waals surface area contributed by atoms with E-state index in [0.717, 1.165) is 12.0 Å². The molecule has 0 heterocycles. The van der Waals surface area contributed by atoms with Gasteiger partial charge in [0.2, 0.25) is 0 Å². The van der Waals surface area contributed by atoms with Crippen LogP contribution in [0.25, 0.3) is 0 Å². The molecule has 4 heteroatoms. The number of carbonyl (C=O) groups is 1. The molecule has 2 aliphatic rings. The first-order chi connectivity index (χ1) is 11.0. The molecular weight excluding hydrogens is 292 g/mol. The average Bonchev–Trinajstić information content (AvgIpc) is 2.51. The highest BCUT2D eigenvalue weighted by Crippen LogP contribution is 2.45. The molecule has 0 spiro atoms. The Balaban J connectivity index is 1.99. The van der Waals surface area contributed by atoms with Crippen LogP contribution in [0.5, 0.6) is 5.75 Å². The third kappa shape index (κ3) is 1.95. The Morgan fingerprint density at radius 2 is 1.87 bits per heavy atom. The summed E-state index contributed by atoms with van der Waals surface area (Å²) in [6.07, 6.45) is -0.329. The number of phenols is 1. The summed E-state index contributed by atoms with van der Waals surface area (Å²) in [7, 11) is 0. The van der Waals surface area contributed by atoms with Gasteiger partial charge in [-0.2, -0.15) is 0 Å². The van der Waals surface area contributed by atoms with Crippen molar-refractivity contribution < 1.29 is 20.1 Å². The molecule has 3 atom stereocenters. The number of phenolic OH excluding ortho intramolecular Hbond substituents is 1. The number of hydrogen-bond donors (Lipinski definition) is 3. The van der Waals surface area contributed by atoms with Crippen LogP contribution in [-0.2, 0) is 6.42 Å². The Morgan fingerprint density at radius 1 is 1.09 bits per heavy atom. The molecule has 2 aliphatic carbocycles. The van der Waals surface area contributed by atoms with E-state index in [9.17, 15) is 20.1 Å². The monoisotopic (exact) mass is 310 g/mol. The average molecular weight is 310 g/mol. The molecule has 4 nitrogen and oxygen atoms in total. The summed E-state index contributed by atoms with van der Waals surface area (Å²) in [5, 5.41) is 31.2. The zero-order valence-corrected chi connectivity index (χ0v) is 12.8. The van der Waals surface area contributed by atoms with E-state index in [1.165, 1.54) is 6.07 Å². The molecule has 0 saturated heterocycles. The summed E-state index contributed by atoms with van der Waals surface area (Å²) >= 11 is 0. The van der Waals surface area contributed by atoms with Crippen LogP contribution < -0.4 is 0 Å². The number of ketones is 1. The minimum Gasteiger partial charge on any atom is -0.508 e. The zero-order valence-electron chi connectivity index (χ0n) is 12.8. The van der Waals surface area contributed by atoms with Gasteiger partial charge >= 0.3 is 0 Å². The summed E-state index contributed by atoms with van der Waals surface area (Å²) in [6.45, 7) is 2.08. The van der Waals surface area contributed by atoms with Crippen LogP contribution in [0.2, 0.25) is 0 Å². The van der Waals surface area contributed by atoms with Gasteiger partial charge in [0.25, 0.3) is 0 Å². The molecule has 23 heavy (non-hydrogen) atoms. The van der Waals surface area contributed by atoms with E-state index < -0.39 is 12.2 Å². The summed E-state index contributed by atoms with van der Waals surface area (Å²) in [6, 6.07) is 8.30. The summed E-state index contributed by atoms with van der Waals surface area (Å²) in [5.41, 5.74) is 3.06. The molecule has 0 radical (unpaired) electrons. The number of aliphatic hydroxyl groups is 2. The molecule has 2 aromatic carbocycles. The van der Waals surface area contributed by atoms with Crippen molar-refractivity contribution in [2.75, 3.05) is 0 Å². The lowest BCUT2D eigenvalue weighted by molar-refractivity contribution is 0.0991. The number of benzene rings is 2. The highest BCUT2D eigenvalue weighted by atomic mass is 16.3. The van der Waals surface area contributed by atoms with Crippen molar-refractivity contribution in [3.8, 4) is 5.75 Å². The number of carbonyl (C=O) groups excluding carboxylic acids is 1. The lowest BCUT2D eigenvalue weighted by atomic mass is 9.73. The fourth-order valence-electron chi connectivity index (χ4n) is 4.01. The summed E-state index contributed by atoms with van der Waals surface area (Å²) in [5.74, 6) is 0.0399. The fraction of sp³-hybridized carbons (Fsp3) is 0.316. The number of aromatic hydroxyl groups is 1. The Bertz CT molecular complexity index is 824. The van der Waals surface area contributed by atoms with Gasteiger partial charge in [-0.25, -0.2) is 0 Å². The minimum absolute atomic E-state index is 0.0825. The second-order valence-electron chi connectivity index (χ2n) is 6.63. The summed E-state index contributed by atoms with van der Waals surface area (Å²) in [4.78, 5) is 13.0. The van der Waals surface area contributed by atoms with E-state index in [0.29, 0.717) is 34.6 Å². The van der Waals surface area contributed by atoms with Crippen molar-refractivity contribution in [1.29, 1.82) is 0 Å². The van der Waals surface area contributed by atoms with Gasteiger partial charge in [0.15, 0.2) is 5.78 Å². The third-order valence-electron chi connectivity index (χ3n) is 5.02. The van der Waals surface area contributed by atoms with E-state index in [-0.39, 0.29) is 17.1 Å². The molecule has 2 aromatic rings. The van der Waals surface area contributed by atoms with Crippen molar-refractivity contribution in [3.05, 3.63) is 63.7 Å². The number of aliphatic hydroxyl groups excluding tert-OH is 2. The molecule has 0 aromatic heterocycles. The SMILES string of the molecule is C[C@H]1Cc2ccc3c(c2[C@@H](O)C1)C(=O)c1cccc(O)c1[C@@H]3O. The lowest BCUT2D eigenvalue weighted by Gasteiger charge is -2.33. The highest BCUT2D eigenvalue weighted by Gasteiger charge is 2.37. The first-order valence-electron chi connectivity index (χ1n) is 7.87. The minimum atomic E-state index is -1.06. The van der Waals surface area contributed by atoms with Crippen molar-refractivity contribution in [2.45, 2.75) is 32.0 Å². The van der Waals surface area contributed by atoms with Crippen LogP contribution in [0.1, 0.15) is 63.7 Å². The molecule has 118 valence electrons. The Hall–Kier alpha value is -2.17. The van der Waals surface area contributed by atoms with E-state index in [1.807, 2.05) is 6.07 Å². The molecular formula is C19H18O4. The molecule has 0 amide bonds. The third-order valence-corrected chi connectivity index (χ3v) is 5.02. The molecule has 0 fully saturated rings. The van der Waals surface area contributed by atoms with Crippen LogP contribution in [0.15, 0.2) is 30.3 Å². The Labute approximate surface area is 134 Å². The lowest BCUT2D eigenvalue weighted by Crippen LogP contribution is -2.26. The van der Waals surface area contributed by atoms with Gasteiger partial charge in [-0.3, -0.25) is 4.79 Å². The number of hydrogen-bond acceptors (Lipinski definition) is 4. The Kier molecular flexibility index (Phi) is 3.08. The zero-order chi connectivity index (χ0) is 16.3. The largest absolute Gasteiger partial charge is 0.508 e. The van der Waals surface area contributed by atoms with Gasteiger partial charge in [-0.1, -0.05) is 31.2 Å². The molecule has 0 saturated carbocycles. The predicted molar refractivity (Wildman–Crippen MR) is 84.5 cm³/mol. The molecule has 0 aliphatic heterocycles. The second kappa shape index (κ2) is 4.91.